The van der Waals surface area contributed by atoms with Crippen molar-refractivity contribution in [1.29, 1.82) is 0 Å². The second-order valence-corrected chi connectivity index (χ2v) is 10.7. The lowest BCUT2D eigenvalue weighted by molar-refractivity contribution is 1.14. The van der Waals surface area contributed by atoms with Gasteiger partial charge in [-0.1, -0.05) is 98.4 Å². The third kappa shape index (κ3) is 3.87. The van der Waals surface area contributed by atoms with Gasteiger partial charge in [0.2, 0.25) is 0 Å². The molecule has 0 radical (unpaired) electrons. The molecule has 0 saturated carbocycles. The zero-order valence-electron chi connectivity index (χ0n) is 16.5. The van der Waals surface area contributed by atoms with Crippen LogP contribution in [0.1, 0.15) is 48.9 Å². The van der Waals surface area contributed by atoms with Gasteiger partial charge in [-0.2, -0.15) is 0 Å². The second-order valence-electron chi connectivity index (χ2n) is 7.85. The highest BCUT2D eigenvalue weighted by Crippen LogP contribution is 2.29. The summed E-state index contributed by atoms with van der Waals surface area (Å²) < 4.78 is 0. The highest BCUT2D eigenvalue weighted by atomic mass is 28.3. The molecule has 0 aromatic heterocycles. The van der Waals surface area contributed by atoms with Crippen molar-refractivity contribution in [2.24, 2.45) is 0 Å². The molecule has 0 amide bonds. The average Bonchev–Trinajstić information content (AvgIpc) is 2.86. The van der Waals surface area contributed by atoms with Crippen LogP contribution >= 0.6 is 0 Å². The van der Waals surface area contributed by atoms with E-state index in [1.807, 2.05) is 0 Å². The molecule has 0 fully saturated rings. The normalized spacial score (nSPS) is 14.4. The van der Waals surface area contributed by atoms with Crippen LogP contribution in [-0.4, -0.2) is 8.80 Å². The third-order valence-electron chi connectivity index (χ3n) is 5.19. The summed E-state index contributed by atoms with van der Waals surface area (Å²) in [5.74, 6) is 0. The van der Waals surface area contributed by atoms with Gasteiger partial charge < -0.3 is 0 Å². The Bertz CT molecular complexity index is 776. The number of aryl methyl sites for hydroxylation is 4. The van der Waals surface area contributed by atoms with Gasteiger partial charge in [0, 0.05) is 0 Å². The van der Waals surface area contributed by atoms with Crippen molar-refractivity contribution in [3.05, 3.63) is 81.1 Å². The van der Waals surface area contributed by atoms with Crippen LogP contribution < -0.4 is 10.4 Å². The van der Waals surface area contributed by atoms with E-state index in [4.69, 9.17) is 0 Å². The number of rotatable bonds is 4. The van der Waals surface area contributed by atoms with E-state index in [0.29, 0.717) is 0 Å². The van der Waals surface area contributed by atoms with Crippen molar-refractivity contribution >= 4 is 19.2 Å². The molecule has 3 rings (SSSR count). The molecule has 1 heteroatoms. The zero-order valence-corrected chi connectivity index (χ0v) is 17.7. The van der Waals surface area contributed by atoms with Gasteiger partial charge in [-0.15, -0.1) is 0 Å². The Morgan fingerprint density at radius 3 is 1.56 bits per heavy atom. The smallest absolute Gasteiger partial charge is 0.0694 e. The van der Waals surface area contributed by atoms with Gasteiger partial charge in [0.05, 0.1) is 0 Å². The monoisotopic (exact) mass is 346 g/mol. The highest BCUT2D eigenvalue weighted by molar-refractivity contribution is 6.91. The number of hydrogen-bond donors (Lipinski definition) is 0. The quantitative estimate of drug-likeness (QED) is 0.694. The van der Waals surface area contributed by atoms with Gasteiger partial charge >= 0.3 is 0 Å². The van der Waals surface area contributed by atoms with E-state index < -0.39 is 8.80 Å². The first-order valence-electron chi connectivity index (χ1n) is 9.43. The van der Waals surface area contributed by atoms with Crippen molar-refractivity contribution in [2.75, 3.05) is 0 Å². The second kappa shape index (κ2) is 7.17. The Balaban J connectivity index is 2.22. The molecule has 0 spiro atoms. The minimum Gasteiger partial charge on any atom is -0.0694 e. The Labute approximate surface area is 154 Å². The molecule has 0 heterocycles. The molecule has 25 heavy (non-hydrogen) atoms. The Kier molecular flexibility index (Phi) is 5.15. The first-order chi connectivity index (χ1) is 11.9. The fraction of sp³-hybridized carbons (Fsp3) is 0.333. The lowest BCUT2D eigenvalue weighted by atomic mass is 10.2. The maximum atomic E-state index is 2.45. The molecule has 2 aromatic rings. The van der Waals surface area contributed by atoms with E-state index in [9.17, 15) is 0 Å². The van der Waals surface area contributed by atoms with Crippen LogP contribution in [0.15, 0.2) is 58.8 Å². The van der Waals surface area contributed by atoms with Crippen LogP contribution in [0.4, 0.5) is 0 Å². The summed E-state index contributed by atoms with van der Waals surface area (Å²) in [5.41, 5.74) is 8.67. The van der Waals surface area contributed by atoms with Crippen LogP contribution in [0.3, 0.4) is 0 Å². The summed E-state index contributed by atoms with van der Waals surface area (Å²) >= 11 is 0. The predicted molar refractivity (Wildman–Crippen MR) is 114 cm³/mol. The van der Waals surface area contributed by atoms with Crippen molar-refractivity contribution in [1.82, 2.24) is 0 Å². The molecular formula is C24H30Si. The summed E-state index contributed by atoms with van der Waals surface area (Å²) in [6, 6.07) is 14.4. The summed E-state index contributed by atoms with van der Waals surface area (Å²) in [6.45, 7) is 13.5. The Morgan fingerprint density at radius 1 is 0.720 bits per heavy atom. The van der Waals surface area contributed by atoms with Crippen LogP contribution in [-0.2, 0) is 0 Å². The summed E-state index contributed by atoms with van der Waals surface area (Å²) in [6.07, 6.45) is 4.76. The topological polar surface area (TPSA) is 0 Å². The molecule has 0 atom stereocenters. The first kappa shape index (κ1) is 17.9. The van der Waals surface area contributed by atoms with Crippen molar-refractivity contribution in [2.45, 2.75) is 54.4 Å². The third-order valence-corrected chi connectivity index (χ3v) is 8.46. The lowest BCUT2D eigenvalue weighted by Crippen LogP contribution is -2.45. The van der Waals surface area contributed by atoms with Gasteiger partial charge in [-0.25, -0.2) is 0 Å². The lowest BCUT2D eigenvalue weighted by Gasteiger charge is -2.22. The molecular weight excluding hydrogens is 316 g/mol. The van der Waals surface area contributed by atoms with E-state index in [0.717, 1.165) is 6.42 Å². The molecule has 0 nitrogen and oxygen atoms in total. The number of hydrogen-bond acceptors (Lipinski definition) is 0. The summed E-state index contributed by atoms with van der Waals surface area (Å²) in [5, 5.41) is 4.88. The largest absolute Gasteiger partial charge is 0.129 e. The molecule has 130 valence electrons. The van der Waals surface area contributed by atoms with E-state index in [1.165, 1.54) is 34.2 Å². The minimum absolute atomic E-state index is 1.14. The van der Waals surface area contributed by atoms with Crippen molar-refractivity contribution in [3.8, 4) is 0 Å². The molecule has 0 saturated heterocycles. The van der Waals surface area contributed by atoms with E-state index in [1.54, 1.807) is 21.1 Å². The van der Waals surface area contributed by atoms with Crippen molar-refractivity contribution in [3.63, 3.8) is 0 Å². The minimum atomic E-state index is -1.40. The SMILES string of the molecule is CCC1=C([SiH](c2cc(C)cc(C)c2)c2cc(C)cc(C)c2)CC(C)=C1. The van der Waals surface area contributed by atoms with E-state index in [-0.39, 0.29) is 0 Å². The molecule has 0 bridgehead atoms. The molecule has 1 aliphatic rings. The van der Waals surface area contributed by atoms with Gasteiger partial charge in [0.15, 0.2) is 0 Å². The predicted octanol–water partition coefficient (Wildman–Crippen LogP) is 4.86. The first-order valence-corrected chi connectivity index (χ1v) is 11.2. The molecule has 0 aliphatic heterocycles. The van der Waals surface area contributed by atoms with Crippen molar-refractivity contribution < 1.29 is 0 Å². The molecule has 0 unspecified atom stereocenters. The summed E-state index contributed by atoms with van der Waals surface area (Å²) in [4.78, 5) is 0. The van der Waals surface area contributed by atoms with Gasteiger partial charge in [-0.05, 0) is 47.5 Å². The highest BCUT2D eigenvalue weighted by Gasteiger charge is 2.26. The van der Waals surface area contributed by atoms with Gasteiger partial charge in [0.25, 0.3) is 0 Å². The number of benzene rings is 2. The van der Waals surface area contributed by atoms with Gasteiger partial charge in [0.1, 0.15) is 8.80 Å². The number of allylic oxidation sites excluding steroid dienone is 4. The van der Waals surface area contributed by atoms with Gasteiger partial charge in [-0.3, -0.25) is 0 Å². The van der Waals surface area contributed by atoms with Crippen LogP contribution in [0, 0.1) is 27.7 Å². The average molecular weight is 347 g/mol. The maximum Gasteiger partial charge on any atom is 0.129 e. The molecule has 2 aromatic carbocycles. The fourth-order valence-electron chi connectivity index (χ4n) is 4.42. The summed E-state index contributed by atoms with van der Waals surface area (Å²) in [7, 11) is -1.40. The zero-order chi connectivity index (χ0) is 18.1. The maximum absolute atomic E-state index is 2.45. The van der Waals surface area contributed by atoms with E-state index in [2.05, 4.69) is 84.0 Å². The Morgan fingerprint density at radius 2 is 1.16 bits per heavy atom. The van der Waals surface area contributed by atoms with E-state index >= 15 is 0 Å². The van der Waals surface area contributed by atoms with Crippen LogP contribution in [0.5, 0.6) is 0 Å². The van der Waals surface area contributed by atoms with Crippen LogP contribution in [0.2, 0.25) is 0 Å². The molecule has 1 aliphatic carbocycles. The van der Waals surface area contributed by atoms with Crippen LogP contribution in [0.25, 0.3) is 0 Å². The molecule has 0 N–H and O–H groups in total. The fourth-order valence-corrected chi connectivity index (χ4v) is 8.51. The Hall–Kier alpha value is -1.86. The standard InChI is InChI=1S/C24H30Si/c1-7-21-10-20(6)15-24(21)25(22-11-16(2)8-17(3)12-22)23-13-18(4)9-19(5)14-23/h8-14,25H,7,15H2,1-6H3.